The van der Waals surface area contributed by atoms with E-state index >= 15 is 0 Å². The first-order valence-corrected chi connectivity index (χ1v) is 7.63. The molecule has 1 saturated heterocycles. The van der Waals surface area contributed by atoms with Crippen LogP contribution in [0.4, 0.5) is 0 Å². The van der Waals surface area contributed by atoms with Gasteiger partial charge in [0, 0.05) is 38.7 Å². The Morgan fingerprint density at radius 2 is 1.84 bits per heavy atom. The Bertz CT molecular complexity index is 267. The zero-order chi connectivity index (χ0) is 14.3. The maximum Gasteiger partial charge on any atom is 0.225 e. The standard InChI is InChI=1S/C15H30N2O2/c1-13(2)15(18)17-9-5-7-16(10-11-17)8-6-12-19-14(3)4/h13-14H,5-12H2,1-4H3. The average molecular weight is 270 g/mol. The normalized spacial score (nSPS) is 18.1. The van der Waals surface area contributed by atoms with Crippen LogP contribution in [0.5, 0.6) is 0 Å². The lowest BCUT2D eigenvalue weighted by atomic mass is 10.2. The van der Waals surface area contributed by atoms with E-state index in [9.17, 15) is 4.79 Å². The summed E-state index contributed by atoms with van der Waals surface area (Å²) in [6.45, 7) is 13.9. The third-order valence-electron chi connectivity index (χ3n) is 3.46. The van der Waals surface area contributed by atoms with Crippen molar-refractivity contribution in [2.24, 2.45) is 5.92 Å². The molecule has 1 fully saturated rings. The Labute approximate surface area is 118 Å². The van der Waals surface area contributed by atoms with Gasteiger partial charge in [-0.15, -0.1) is 0 Å². The minimum Gasteiger partial charge on any atom is -0.379 e. The molecule has 0 aromatic carbocycles. The molecule has 1 rings (SSSR count). The van der Waals surface area contributed by atoms with Gasteiger partial charge >= 0.3 is 0 Å². The number of carbonyl (C=O) groups excluding carboxylic acids is 1. The molecule has 0 aliphatic carbocycles. The van der Waals surface area contributed by atoms with Crippen LogP contribution in [0.1, 0.15) is 40.5 Å². The van der Waals surface area contributed by atoms with Crippen LogP contribution in [0.15, 0.2) is 0 Å². The first kappa shape index (κ1) is 16.4. The highest BCUT2D eigenvalue weighted by atomic mass is 16.5. The van der Waals surface area contributed by atoms with Crippen molar-refractivity contribution < 1.29 is 9.53 Å². The molecular weight excluding hydrogens is 240 g/mol. The second-order valence-electron chi connectivity index (χ2n) is 5.95. The van der Waals surface area contributed by atoms with Crippen LogP contribution in [-0.4, -0.2) is 61.1 Å². The number of hydrogen-bond donors (Lipinski definition) is 0. The largest absolute Gasteiger partial charge is 0.379 e. The Balaban J connectivity index is 2.24. The molecule has 4 heteroatoms. The van der Waals surface area contributed by atoms with Gasteiger partial charge in [-0.2, -0.15) is 0 Å². The molecule has 0 spiro atoms. The summed E-state index contributed by atoms with van der Waals surface area (Å²) in [7, 11) is 0. The highest BCUT2D eigenvalue weighted by Crippen LogP contribution is 2.08. The van der Waals surface area contributed by atoms with Crippen LogP contribution in [0, 0.1) is 5.92 Å². The summed E-state index contributed by atoms with van der Waals surface area (Å²) in [5.41, 5.74) is 0. The molecule has 0 atom stereocenters. The monoisotopic (exact) mass is 270 g/mol. The van der Waals surface area contributed by atoms with Crippen molar-refractivity contribution in [2.75, 3.05) is 39.3 Å². The first-order valence-electron chi connectivity index (χ1n) is 7.63. The third-order valence-corrected chi connectivity index (χ3v) is 3.46. The Morgan fingerprint density at radius 1 is 1.11 bits per heavy atom. The summed E-state index contributed by atoms with van der Waals surface area (Å²) < 4.78 is 5.56. The van der Waals surface area contributed by atoms with Gasteiger partial charge in [0.05, 0.1) is 6.10 Å². The Kier molecular flexibility index (Phi) is 7.39. The highest BCUT2D eigenvalue weighted by Gasteiger charge is 2.20. The first-order chi connectivity index (χ1) is 9.00. The molecule has 0 saturated carbocycles. The van der Waals surface area contributed by atoms with Gasteiger partial charge in [-0.25, -0.2) is 0 Å². The molecule has 1 aliphatic rings. The number of amides is 1. The van der Waals surface area contributed by atoms with Crippen LogP contribution in [0.2, 0.25) is 0 Å². The summed E-state index contributed by atoms with van der Waals surface area (Å²) >= 11 is 0. The molecule has 19 heavy (non-hydrogen) atoms. The van der Waals surface area contributed by atoms with Crippen molar-refractivity contribution in [1.29, 1.82) is 0 Å². The molecule has 0 aromatic heterocycles. The molecule has 0 N–H and O–H groups in total. The topological polar surface area (TPSA) is 32.8 Å². The Morgan fingerprint density at radius 3 is 2.47 bits per heavy atom. The number of rotatable bonds is 6. The lowest BCUT2D eigenvalue weighted by Gasteiger charge is -2.23. The van der Waals surface area contributed by atoms with E-state index in [0.717, 1.165) is 52.2 Å². The fourth-order valence-electron chi connectivity index (χ4n) is 2.39. The van der Waals surface area contributed by atoms with Crippen LogP contribution in [0.3, 0.4) is 0 Å². The molecular formula is C15H30N2O2. The molecule has 0 aromatic rings. The second-order valence-corrected chi connectivity index (χ2v) is 5.95. The van der Waals surface area contributed by atoms with Gasteiger partial charge in [0.25, 0.3) is 0 Å². The molecule has 0 bridgehead atoms. The molecule has 0 radical (unpaired) electrons. The van der Waals surface area contributed by atoms with E-state index in [1.807, 2.05) is 18.7 Å². The van der Waals surface area contributed by atoms with Gasteiger partial charge in [-0.3, -0.25) is 4.79 Å². The van der Waals surface area contributed by atoms with Gasteiger partial charge in [0.2, 0.25) is 5.91 Å². The van der Waals surface area contributed by atoms with Crippen molar-refractivity contribution in [3.05, 3.63) is 0 Å². The van der Waals surface area contributed by atoms with E-state index in [4.69, 9.17) is 4.74 Å². The molecule has 1 aliphatic heterocycles. The van der Waals surface area contributed by atoms with E-state index in [1.165, 1.54) is 0 Å². The number of carbonyl (C=O) groups is 1. The van der Waals surface area contributed by atoms with Crippen molar-refractivity contribution in [2.45, 2.75) is 46.6 Å². The third kappa shape index (κ3) is 6.39. The minimum absolute atomic E-state index is 0.117. The summed E-state index contributed by atoms with van der Waals surface area (Å²) in [4.78, 5) is 16.5. The van der Waals surface area contributed by atoms with Gasteiger partial charge in [-0.1, -0.05) is 13.8 Å². The molecule has 1 amide bonds. The summed E-state index contributed by atoms with van der Waals surface area (Å²) in [5, 5.41) is 0. The summed E-state index contributed by atoms with van der Waals surface area (Å²) in [5.74, 6) is 0.413. The lowest BCUT2D eigenvalue weighted by molar-refractivity contribution is -0.134. The molecule has 1 heterocycles. The van der Waals surface area contributed by atoms with Crippen LogP contribution in [-0.2, 0) is 9.53 Å². The molecule has 0 unspecified atom stereocenters. The Hall–Kier alpha value is -0.610. The predicted octanol–water partition coefficient (Wildman–Crippen LogP) is 1.99. The van der Waals surface area contributed by atoms with Crippen LogP contribution >= 0.6 is 0 Å². The summed E-state index contributed by atoms with van der Waals surface area (Å²) in [6, 6.07) is 0. The number of hydrogen-bond acceptors (Lipinski definition) is 3. The van der Waals surface area contributed by atoms with E-state index < -0.39 is 0 Å². The van der Waals surface area contributed by atoms with Gasteiger partial charge < -0.3 is 14.5 Å². The second kappa shape index (κ2) is 8.54. The maximum absolute atomic E-state index is 12.0. The van der Waals surface area contributed by atoms with Gasteiger partial charge in [0.1, 0.15) is 0 Å². The minimum atomic E-state index is 0.117. The van der Waals surface area contributed by atoms with Crippen molar-refractivity contribution in [1.82, 2.24) is 9.80 Å². The average Bonchev–Trinajstić information content (AvgIpc) is 2.59. The van der Waals surface area contributed by atoms with E-state index in [0.29, 0.717) is 12.0 Å². The SMILES string of the molecule is CC(C)OCCCN1CCCN(C(=O)C(C)C)CC1. The van der Waals surface area contributed by atoms with E-state index in [2.05, 4.69) is 18.7 Å². The predicted molar refractivity (Wildman–Crippen MR) is 78.2 cm³/mol. The lowest BCUT2D eigenvalue weighted by Crippen LogP contribution is -2.37. The molecule has 4 nitrogen and oxygen atoms in total. The van der Waals surface area contributed by atoms with Gasteiger partial charge in [-0.05, 0) is 33.2 Å². The molecule has 112 valence electrons. The van der Waals surface area contributed by atoms with E-state index in [1.54, 1.807) is 0 Å². The fourth-order valence-corrected chi connectivity index (χ4v) is 2.39. The fraction of sp³-hybridized carbons (Fsp3) is 0.933. The van der Waals surface area contributed by atoms with Crippen molar-refractivity contribution in [3.8, 4) is 0 Å². The smallest absolute Gasteiger partial charge is 0.225 e. The summed E-state index contributed by atoms with van der Waals surface area (Å²) in [6.07, 6.45) is 2.49. The zero-order valence-corrected chi connectivity index (χ0v) is 13.0. The van der Waals surface area contributed by atoms with Crippen LogP contribution in [0.25, 0.3) is 0 Å². The van der Waals surface area contributed by atoms with E-state index in [-0.39, 0.29) is 5.92 Å². The van der Waals surface area contributed by atoms with Crippen molar-refractivity contribution >= 4 is 5.91 Å². The van der Waals surface area contributed by atoms with Gasteiger partial charge in [0.15, 0.2) is 0 Å². The van der Waals surface area contributed by atoms with Crippen LogP contribution < -0.4 is 0 Å². The number of ether oxygens (including phenoxy) is 1. The number of nitrogens with zero attached hydrogens (tertiary/aromatic N) is 2. The van der Waals surface area contributed by atoms with Crippen molar-refractivity contribution in [3.63, 3.8) is 0 Å². The zero-order valence-electron chi connectivity index (χ0n) is 13.0. The quantitative estimate of drug-likeness (QED) is 0.692. The maximum atomic E-state index is 12.0. The highest BCUT2D eigenvalue weighted by molar-refractivity contribution is 5.78.